The number of aryl methyl sites for hydroxylation is 1. The van der Waals surface area contributed by atoms with Crippen molar-refractivity contribution in [3.63, 3.8) is 0 Å². The predicted molar refractivity (Wildman–Crippen MR) is 142 cm³/mol. The second kappa shape index (κ2) is 9.45. The highest BCUT2D eigenvalue weighted by Gasteiger charge is 2.29. The minimum atomic E-state index is -3.43. The summed E-state index contributed by atoms with van der Waals surface area (Å²) >= 11 is 6.47. The highest BCUT2D eigenvalue weighted by atomic mass is 35.5. The van der Waals surface area contributed by atoms with Gasteiger partial charge in [-0.3, -0.25) is 0 Å². The molecule has 0 unspecified atom stereocenters. The van der Waals surface area contributed by atoms with Crippen LogP contribution in [0.5, 0.6) is 0 Å². The predicted octanol–water partition coefficient (Wildman–Crippen LogP) is 6.26. The van der Waals surface area contributed by atoms with E-state index in [0.717, 1.165) is 13.2 Å². The Balaban J connectivity index is 1.76. The third-order valence-corrected chi connectivity index (χ3v) is 7.53. The Bertz CT molecular complexity index is 1770. The summed E-state index contributed by atoms with van der Waals surface area (Å²) in [6.45, 7) is 2.43. The summed E-state index contributed by atoms with van der Waals surface area (Å²) in [5, 5.41) is 8.88. The van der Waals surface area contributed by atoms with Gasteiger partial charge in [-0.1, -0.05) is 53.2 Å². The Kier molecular flexibility index (Phi) is 6.40. The molecule has 0 saturated carbocycles. The quantitative estimate of drug-likeness (QED) is 0.248. The summed E-state index contributed by atoms with van der Waals surface area (Å²) in [6.07, 6.45) is 4.01. The van der Waals surface area contributed by atoms with E-state index < -0.39 is 15.8 Å². The van der Waals surface area contributed by atoms with E-state index in [4.69, 9.17) is 11.6 Å². The number of nitrogens with zero attached hydrogens (tertiary/aromatic N) is 5. The van der Waals surface area contributed by atoms with Crippen LogP contribution < -0.4 is 0 Å². The zero-order valence-corrected chi connectivity index (χ0v) is 22.2. The third-order valence-electron chi connectivity index (χ3n) is 6.09. The molecule has 0 saturated heterocycles. The highest BCUT2D eigenvalue weighted by Crippen LogP contribution is 2.35. The first kappa shape index (κ1) is 25.7. The van der Waals surface area contributed by atoms with Crippen LogP contribution >= 0.6 is 11.6 Å². The van der Waals surface area contributed by atoms with E-state index in [1.807, 2.05) is 18.2 Å². The van der Waals surface area contributed by atoms with Crippen LogP contribution in [-0.4, -0.2) is 39.2 Å². The smallest absolute Gasteiger partial charge is 0.288 e. The lowest BCUT2D eigenvalue weighted by Crippen LogP contribution is -2.08. The van der Waals surface area contributed by atoms with E-state index >= 15 is 0 Å². The Morgan fingerprint density at radius 3 is 2.37 bits per heavy atom. The van der Waals surface area contributed by atoms with Crippen LogP contribution in [0.4, 0.5) is 8.78 Å². The van der Waals surface area contributed by atoms with Gasteiger partial charge in [0.05, 0.1) is 33.2 Å². The highest BCUT2D eigenvalue weighted by molar-refractivity contribution is 7.90. The molecular formula is C27H22ClF2N5O2S. The van der Waals surface area contributed by atoms with Gasteiger partial charge < -0.3 is 4.57 Å². The molecule has 0 fully saturated rings. The molecule has 0 aliphatic rings. The average Bonchev–Trinajstić information content (AvgIpc) is 3.50. The zero-order chi connectivity index (χ0) is 27.2. The molecule has 0 aliphatic carbocycles. The number of hydrogen-bond donors (Lipinski definition) is 0. The fourth-order valence-corrected chi connectivity index (χ4v) is 5.08. The molecule has 2 heterocycles. The zero-order valence-electron chi connectivity index (χ0n) is 20.6. The van der Waals surface area contributed by atoms with E-state index in [1.165, 1.54) is 12.3 Å². The number of alkyl halides is 2. The number of hydrogen-bond acceptors (Lipinski definition) is 5. The normalized spacial score (nSPS) is 12.2. The van der Waals surface area contributed by atoms with Crippen molar-refractivity contribution >= 4 is 21.4 Å². The minimum Gasteiger partial charge on any atom is -0.301 e. The van der Waals surface area contributed by atoms with E-state index in [9.17, 15) is 17.2 Å². The molecule has 5 rings (SSSR count). The van der Waals surface area contributed by atoms with E-state index in [1.54, 1.807) is 64.8 Å². The van der Waals surface area contributed by atoms with Crippen molar-refractivity contribution in [2.24, 2.45) is 0 Å². The number of aromatic nitrogens is 5. The minimum absolute atomic E-state index is 0.179. The molecule has 0 N–H and O–H groups in total. The van der Waals surface area contributed by atoms with Gasteiger partial charge in [-0.25, -0.2) is 18.1 Å². The summed E-state index contributed by atoms with van der Waals surface area (Å²) in [6, 6.07) is 19.1. The fourth-order valence-electron chi connectivity index (χ4n) is 4.18. The van der Waals surface area contributed by atoms with Crippen molar-refractivity contribution in [3.05, 3.63) is 95.7 Å². The van der Waals surface area contributed by atoms with Crippen LogP contribution in [0, 0.1) is 6.92 Å². The molecule has 0 radical (unpaired) electrons. The van der Waals surface area contributed by atoms with Crippen molar-refractivity contribution in [2.45, 2.75) is 24.7 Å². The molecule has 38 heavy (non-hydrogen) atoms. The average molecular weight is 554 g/mol. The molecular weight excluding hydrogens is 532 g/mol. The fraction of sp³-hybridized carbons (Fsp3) is 0.148. The summed E-state index contributed by atoms with van der Waals surface area (Å²) in [5.41, 5.74) is 3.27. The van der Waals surface area contributed by atoms with Gasteiger partial charge in [0.25, 0.3) is 5.92 Å². The maximum Gasteiger partial charge on any atom is 0.288 e. The van der Waals surface area contributed by atoms with Crippen LogP contribution in [0.1, 0.15) is 18.4 Å². The van der Waals surface area contributed by atoms with Crippen molar-refractivity contribution < 1.29 is 17.2 Å². The van der Waals surface area contributed by atoms with Gasteiger partial charge in [0, 0.05) is 24.9 Å². The summed E-state index contributed by atoms with van der Waals surface area (Å²) in [5.74, 6) is -2.77. The van der Waals surface area contributed by atoms with Crippen molar-refractivity contribution in [1.82, 2.24) is 24.5 Å². The molecule has 7 nitrogen and oxygen atoms in total. The molecule has 5 aromatic rings. The second-order valence-corrected chi connectivity index (χ2v) is 11.4. The lowest BCUT2D eigenvalue weighted by Gasteiger charge is -2.16. The molecule has 194 valence electrons. The van der Waals surface area contributed by atoms with Crippen LogP contribution in [0.2, 0.25) is 5.02 Å². The van der Waals surface area contributed by atoms with Gasteiger partial charge in [0.1, 0.15) is 11.5 Å². The summed E-state index contributed by atoms with van der Waals surface area (Å²) in [4.78, 5) is 4.25. The number of halogens is 3. The van der Waals surface area contributed by atoms with Gasteiger partial charge in [0.15, 0.2) is 9.84 Å². The van der Waals surface area contributed by atoms with Gasteiger partial charge in [-0.05, 0) is 48.4 Å². The molecule has 0 bridgehead atoms. The van der Waals surface area contributed by atoms with E-state index in [-0.39, 0.29) is 10.6 Å². The maximum atomic E-state index is 14.1. The molecule has 11 heteroatoms. The standard InChI is InChI=1S/C27H22ClF2N5O2S/c1-17-32-26(27(2,29)30)16-34(17)23-12-11-19(18-7-6-8-20(13-18)38(3,36)37)14-24(23)35-25(15-31-33-35)21-9-4-5-10-22(21)28/h4-16H,1-3H3. The Morgan fingerprint density at radius 2 is 1.68 bits per heavy atom. The van der Waals surface area contributed by atoms with E-state index in [0.29, 0.717) is 44.6 Å². The Hall–Kier alpha value is -3.89. The van der Waals surface area contributed by atoms with Crippen LogP contribution in [-0.2, 0) is 15.8 Å². The van der Waals surface area contributed by atoms with Crippen LogP contribution in [0.25, 0.3) is 33.8 Å². The molecule has 3 aromatic carbocycles. The molecule has 0 aliphatic heterocycles. The Labute approximate surface area is 223 Å². The van der Waals surface area contributed by atoms with Gasteiger partial charge >= 0.3 is 0 Å². The lowest BCUT2D eigenvalue weighted by molar-refractivity contribution is 0.0130. The topological polar surface area (TPSA) is 82.7 Å². The van der Waals surface area contributed by atoms with Crippen LogP contribution in [0.3, 0.4) is 0 Å². The maximum absolute atomic E-state index is 14.1. The second-order valence-electron chi connectivity index (χ2n) is 8.95. The Morgan fingerprint density at radius 1 is 0.947 bits per heavy atom. The van der Waals surface area contributed by atoms with Crippen molar-refractivity contribution in [3.8, 4) is 33.8 Å². The molecule has 2 aromatic heterocycles. The van der Waals surface area contributed by atoms with Gasteiger partial charge in [-0.2, -0.15) is 8.78 Å². The summed E-state index contributed by atoms with van der Waals surface area (Å²) in [7, 11) is -3.43. The first-order valence-corrected chi connectivity index (χ1v) is 13.8. The van der Waals surface area contributed by atoms with E-state index in [2.05, 4.69) is 15.3 Å². The number of rotatable bonds is 6. The largest absolute Gasteiger partial charge is 0.301 e. The summed E-state index contributed by atoms with van der Waals surface area (Å²) < 4.78 is 55.7. The lowest BCUT2D eigenvalue weighted by atomic mass is 10.0. The third kappa shape index (κ3) is 4.84. The monoisotopic (exact) mass is 553 g/mol. The van der Waals surface area contributed by atoms with Gasteiger partial charge in [0.2, 0.25) is 0 Å². The van der Waals surface area contributed by atoms with Crippen molar-refractivity contribution in [1.29, 1.82) is 0 Å². The van der Waals surface area contributed by atoms with Crippen molar-refractivity contribution in [2.75, 3.05) is 6.26 Å². The number of benzene rings is 3. The van der Waals surface area contributed by atoms with Gasteiger partial charge in [-0.15, -0.1) is 5.10 Å². The first-order chi connectivity index (χ1) is 17.9. The number of imidazole rings is 1. The molecule has 0 spiro atoms. The van der Waals surface area contributed by atoms with Crippen LogP contribution in [0.15, 0.2) is 84.0 Å². The SMILES string of the molecule is Cc1nc(C(C)(F)F)cn1-c1ccc(-c2cccc(S(C)(=O)=O)c2)cc1-n1nncc1-c1ccccc1Cl. The first-order valence-electron chi connectivity index (χ1n) is 11.5. The number of sulfone groups is 1. The molecule has 0 atom stereocenters. The molecule has 0 amide bonds.